The Labute approximate surface area is 211 Å². The van der Waals surface area contributed by atoms with Gasteiger partial charge in [-0.15, -0.1) is 0 Å². The van der Waals surface area contributed by atoms with E-state index in [0.717, 1.165) is 18.4 Å². The summed E-state index contributed by atoms with van der Waals surface area (Å²) < 4.78 is 10.9. The molecule has 0 spiro atoms. The molecular weight excluding hydrogens is 462 g/mol. The zero-order valence-electron chi connectivity index (χ0n) is 21.4. The SMILES string of the molecule is CCc1nc(C(N)=O)c(Nc2cc(CCNC(=O)[C@H](C)NC)cc(OC)c2)nc1NC1CCOCC1. The Balaban J connectivity index is 1.84. The van der Waals surface area contributed by atoms with Gasteiger partial charge in [-0.2, -0.15) is 0 Å². The number of carbonyl (C=O) groups is 2. The second-order valence-corrected chi connectivity index (χ2v) is 8.71. The van der Waals surface area contributed by atoms with Gasteiger partial charge in [0.2, 0.25) is 5.91 Å². The van der Waals surface area contributed by atoms with E-state index in [0.29, 0.717) is 55.5 Å². The van der Waals surface area contributed by atoms with Crippen LogP contribution < -0.4 is 31.7 Å². The molecule has 3 rings (SSSR count). The van der Waals surface area contributed by atoms with Crippen LogP contribution in [0.25, 0.3) is 0 Å². The summed E-state index contributed by atoms with van der Waals surface area (Å²) in [7, 11) is 3.32. The molecule has 0 unspecified atom stereocenters. The van der Waals surface area contributed by atoms with Crippen molar-refractivity contribution in [2.75, 3.05) is 44.5 Å². The number of likely N-dealkylation sites (N-methyl/N-ethyl adjacent to an activating group) is 1. The van der Waals surface area contributed by atoms with Crippen molar-refractivity contribution in [3.05, 3.63) is 35.2 Å². The predicted molar refractivity (Wildman–Crippen MR) is 139 cm³/mol. The largest absolute Gasteiger partial charge is 0.497 e. The third-order valence-corrected chi connectivity index (χ3v) is 6.10. The highest BCUT2D eigenvalue weighted by atomic mass is 16.5. The van der Waals surface area contributed by atoms with Crippen molar-refractivity contribution in [1.29, 1.82) is 0 Å². The zero-order valence-corrected chi connectivity index (χ0v) is 21.4. The molecule has 11 nitrogen and oxygen atoms in total. The number of aryl methyl sites for hydroxylation is 1. The molecule has 0 bridgehead atoms. The standard InChI is InChI=1S/C25H37N7O4/c1-5-20-23(29-17-7-10-36-11-8-17)32-24(21(31-20)22(26)33)30-18-12-16(13-19(14-18)35-4)6-9-28-25(34)15(2)27-3/h12-15,17,27H,5-11H2,1-4H3,(H2,26,33)(H,28,34)(H2,29,30,32)/t15-/m0/s1. The molecule has 1 aromatic carbocycles. The highest BCUT2D eigenvalue weighted by Gasteiger charge is 2.21. The van der Waals surface area contributed by atoms with E-state index in [-0.39, 0.29) is 29.5 Å². The van der Waals surface area contributed by atoms with Crippen LogP contribution in [0.15, 0.2) is 18.2 Å². The van der Waals surface area contributed by atoms with Crippen LogP contribution in [0.1, 0.15) is 48.4 Å². The lowest BCUT2D eigenvalue weighted by Gasteiger charge is -2.25. The summed E-state index contributed by atoms with van der Waals surface area (Å²) in [5.74, 6) is 0.790. The molecule has 36 heavy (non-hydrogen) atoms. The highest BCUT2D eigenvalue weighted by Crippen LogP contribution is 2.27. The molecule has 6 N–H and O–H groups in total. The molecule has 2 heterocycles. The number of nitrogens with two attached hydrogens (primary N) is 1. The summed E-state index contributed by atoms with van der Waals surface area (Å²) in [6, 6.07) is 5.57. The Bertz CT molecular complexity index is 1060. The number of nitrogens with one attached hydrogen (secondary N) is 4. The monoisotopic (exact) mass is 499 g/mol. The van der Waals surface area contributed by atoms with E-state index >= 15 is 0 Å². The summed E-state index contributed by atoms with van der Waals surface area (Å²) in [5.41, 5.74) is 8.01. The number of anilines is 3. The first-order chi connectivity index (χ1) is 17.3. The van der Waals surface area contributed by atoms with E-state index < -0.39 is 5.91 Å². The summed E-state index contributed by atoms with van der Waals surface area (Å²) in [4.78, 5) is 33.5. The van der Waals surface area contributed by atoms with Gasteiger partial charge >= 0.3 is 0 Å². The average molecular weight is 500 g/mol. The second kappa shape index (κ2) is 13.0. The molecule has 1 aliphatic rings. The van der Waals surface area contributed by atoms with Crippen molar-refractivity contribution >= 4 is 29.1 Å². The maximum Gasteiger partial charge on any atom is 0.271 e. The van der Waals surface area contributed by atoms with E-state index in [4.69, 9.17) is 20.2 Å². The highest BCUT2D eigenvalue weighted by molar-refractivity contribution is 5.96. The van der Waals surface area contributed by atoms with E-state index in [9.17, 15) is 9.59 Å². The van der Waals surface area contributed by atoms with Crippen LogP contribution in [-0.2, 0) is 22.4 Å². The van der Waals surface area contributed by atoms with Crippen molar-refractivity contribution in [1.82, 2.24) is 20.6 Å². The summed E-state index contributed by atoms with van der Waals surface area (Å²) in [5, 5.41) is 12.5. The van der Waals surface area contributed by atoms with E-state index in [2.05, 4.69) is 26.3 Å². The number of primary amides is 1. The molecule has 0 aliphatic carbocycles. The molecule has 0 radical (unpaired) electrons. The van der Waals surface area contributed by atoms with Crippen LogP contribution in [0, 0.1) is 0 Å². The van der Waals surface area contributed by atoms with Crippen LogP contribution in [0.3, 0.4) is 0 Å². The van der Waals surface area contributed by atoms with Gasteiger partial charge in [-0.25, -0.2) is 9.97 Å². The summed E-state index contributed by atoms with van der Waals surface area (Å²) in [6.45, 7) is 5.61. The van der Waals surface area contributed by atoms with Crippen molar-refractivity contribution in [3.8, 4) is 5.75 Å². The van der Waals surface area contributed by atoms with E-state index in [1.54, 1.807) is 27.1 Å². The van der Waals surface area contributed by atoms with Gasteiger partial charge in [-0.3, -0.25) is 9.59 Å². The van der Waals surface area contributed by atoms with Gasteiger partial charge in [-0.05, 0) is 57.4 Å². The molecule has 1 fully saturated rings. The first kappa shape index (κ1) is 27.2. The van der Waals surface area contributed by atoms with Gasteiger partial charge in [0.15, 0.2) is 17.3 Å². The normalized spacial score (nSPS) is 14.7. The Morgan fingerprint density at radius 3 is 2.58 bits per heavy atom. The Hall–Kier alpha value is -3.44. The number of methoxy groups -OCH3 is 1. The first-order valence-electron chi connectivity index (χ1n) is 12.3. The van der Waals surface area contributed by atoms with Gasteiger partial charge in [0.25, 0.3) is 5.91 Å². The summed E-state index contributed by atoms with van der Waals surface area (Å²) in [6.07, 6.45) is 2.93. The number of rotatable bonds is 12. The maximum atomic E-state index is 12.2. The maximum absolute atomic E-state index is 12.2. The number of hydrogen-bond donors (Lipinski definition) is 5. The first-order valence-corrected chi connectivity index (χ1v) is 12.3. The molecule has 1 aliphatic heterocycles. The molecule has 11 heteroatoms. The van der Waals surface area contributed by atoms with Crippen LogP contribution in [0.2, 0.25) is 0 Å². The van der Waals surface area contributed by atoms with Gasteiger partial charge in [0.05, 0.1) is 18.8 Å². The Morgan fingerprint density at radius 2 is 1.94 bits per heavy atom. The average Bonchev–Trinajstić information content (AvgIpc) is 2.88. The number of amides is 2. The molecule has 1 atom stereocenters. The summed E-state index contributed by atoms with van der Waals surface area (Å²) >= 11 is 0. The van der Waals surface area contributed by atoms with Crippen molar-refractivity contribution in [2.45, 2.75) is 51.6 Å². The molecule has 1 aromatic heterocycles. The van der Waals surface area contributed by atoms with Crippen LogP contribution >= 0.6 is 0 Å². The number of hydrogen-bond acceptors (Lipinski definition) is 9. The minimum atomic E-state index is -0.665. The van der Waals surface area contributed by atoms with E-state index in [1.165, 1.54) is 0 Å². The molecule has 1 saturated heterocycles. The number of nitrogens with zero attached hydrogens (tertiary/aromatic N) is 2. The van der Waals surface area contributed by atoms with Crippen molar-refractivity contribution < 1.29 is 19.1 Å². The topological polar surface area (TPSA) is 153 Å². The molecule has 196 valence electrons. The minimum absolute atomic E-state index is 0.0688. The predicted octanol–water partition coefficient (Wildman–Crippen LogP) is 1.75. The fourth-order valence-corrected chi connectivity index (χ4v) is 3.87. The van der Waals surface area contributed by atoms with Gasteiger partial charge in [0, 0.05) is 37.6 Å². The lowest BCUT2D eigenvalue weighted by molar-refractivity contribution is -0.122. The third kappa shape index (κ3) is 7.28. The van der Waals surface area contributed by atoms with Gasteiger partial charge < -0.3 is 36.5 Å². The van der Waals surface area contributed by atoms with Gasteiger partial charge in [0.1, 0.15) is 5.75 Å². The zero-order chi connectivity index (χ0) is 26.1. The van der Waals surface area contributed by atoms with Gasteiger partial charge in [-0.1, -0.05) is 6.92 Å². The van der Waals surface area contributed by atoms with Crippen LogP contribution in [0.4, 0.5) is 17.3 Å². The molecule has 0 saturated carbocycles. The van der Waals surface area contributed by atoms with Crippen molar-refractivity contribution in [2.24, 2.45) is 5.73 Å². The molecule has 2 amide bonds. The lowest BCUT2D eigenvalue weighted by atomic mass is 10.1. The number of ether oxygens (including phenoxy) is 2. The number of benzene rings is 1. The lowest BCUT2D eigenvalue weighted by Crippen LogP contribution is -2.41. The van der Waals surface area contributed by atoms with E-state index in [1.807, 2.05) is 19.1 Å². The molecular formula is C25H37N7O4. The smallest absolute Gasteiger partial charge is 0.271 e. The Morgan fingerprint density at radius 1 is 1.19 bits per heavy atom. The number of carbonyl (C=O) groups excluding carboxylic acids is 2. The second-order valence-electron chi connectivity index (χ2n) is 8.71. The number of aromatic nitrogens is 2. The quantitative estimate of drug-likeness (QED) is 0.294. The van der Waals surface area contributed by atoms with Crippen LogP contribution in [0.5, 0.6) is 5.75 Å². The fraction of sp³-hybridized carbons (Fsp3) is 0.520. The van der Waals surface area contributed by atoms with Crippen LogP contribution in [-0.4, -0.2) is 67.8 Å². The fourth-order valence-electron chi connectivity index (χ4n) is 3.87. The van der Waals surface area contributed by atoms with Crippen molar-refractivity contribution in [3.63, 3.8) is 0 Å². The third-order valence-electron chi connectivity index (χ3n) is 6.10. The molecule has 2 aromatic rings. The minimum Gasteiger partial charge on any atom is -0.497 e. The Kier molecular flexibility index (Phi) is 9.83.